The summed E-state index contributed by atoms with van der Waals surface area (Å²) in [5.41, 5.74) is 0.647. The van der Waals surface area contributed by atoms with Crippen molar-refractivity contribution in [1.29, 1.82) is 0 Å². The standard InChI is InChI=1S/C9H11N3O/c1-9(2)4-7(3-8(9)13)12-6-10-5-11-12/h3,5-6H,4H2,1-2H3. The Hall–Kier alpha value is -1.45. The van der Waals surface area contributed by atoms with Crippen molar-refractivity contribution in [2.24, 2.45) is 5.41 Å². The Bertz CT molecular complexity index is 362. The molecule has 1 aliphatic rings. The van der Waals surface area contributed by atoms with E-state index in [1.807, 2.05) is 13.8 Å². The number of hydrogen-bond donors (Lipinski definition) is 0. The second-order valence-corrected chi connectivity index (χ2v) is 3.90. The van der Waals surface area contributed by atoms with Crippen LogP contribution in [-0.4, -0.2) is 20.5 Å². The van der Waals surface area contributed by atoms with Crippen LogP contribution in [0.1, 0.15) is 20.3 Å². The van der Waals surface area contributed by atoms with Gasteiger partial charge in [0.2, 0.25) is 0 Å². The average Bonchev–Trinajstić information content (AvgIpc) is 2.60. The van der Waals surface area contributed by atoms with E-state index in [-0.39, 0.29) is 11.2 Å². The molecule has 1 aliphatic carbocycles. The second-order valence-electron chi connectivity index (χ2n) is 3.90. The molecular formula is C9H11N3O. The maximum absolute atomic E-state index is 11.5. The predicted molar refractivity (Wildman–Crippen MR) is 47.7 cm³/mol. The van der Waals surface area contributed by atoms with Gasteiger partial charge >= 0.3 is 0 Å². The summed E-state index contributed by atoms with van der Waals surface area (Å²) in [5, 5.41) is 3.98. The van der Waals surface area contributed by atoms with Gasteiger partial charge in [0.15, 0.2) is 5.78 Å². The Morgan fingerprint density at radius 2 is 2.31 bits per heavy atom. The van der Waals surface area contributed by atoms with Crippen LogP contribution in [0.2, 0.25) is 0 Å². The monoisotopic (exact) mass is 177 g/mol. The Balaban J connectivity index is 2.32. The van der Waals surface area contributed by atoms with Crippen molar-refractivity contribution < 1.29 is 4.79 Å². The van der Waals surface area contributed by atoms with Gasteiger partial charge in [0.05, 0.1) is 0 Å². The van der Waals surface area contributed by atoms with E-state index < -0.39 is 0 Å². The molecule has 68 valence electrons. The van der Waals surface area contributed by atoms with E-state index in [9.17, 15) is 4.79 Å². The fourth-order valence-corrected chi connectivity index (χ4v) is 1.44. The minimum absolute atomic E-state index is 0.165. The van der Waals surface area contributed by atoms with Gasteiger partial charge in [-0.05, 0) is 0 Å². The van der Waals surface area contributed by atoms with Gasteiger partial charge < -0.3 is 0 Å². The van der Waals surface area contributed by atoms with Gasteiger partial charge in [-0.25, -0.2) is 9.67 Å². The quantitative estimate of drug-likeness (QED) is 0.645. The van der Waals surface area contributed by atoms with E-state index in [1.54, 1.807) is 17.1 Å². The summed E-state index contributed by atoms with van der Waals surface area (Å²) in [7, 11) is 0. The van der Waals surface area contributed by atoms with Gasteiger partial charge in [-0.1, -0.05) is 13.8 Å². The first-order chi connectivity index (χ1) is 6.09. The highest BCUT2D eigenvalue weighted by molar-refractivity contribution is 6.02. The predicted octanol–water partition coefficient (Wildman–Crippen LogP) is 1.12. The fourth-order valence-electron chi connectivity index (χ4n) is 1.44. The number of aromatic nitrogens is 3. The first-order valence-corrected chi connectivity index (χ1v) is 4.19. The molecule has 0 fully saturated rings. The molecule has 0 aromatic carbocycles. The van der Waals surface area contributed by atoms with Crippen molar-refractivity contribution in [2.45, 2.75) is 20.3 Å². The Labute approximate surface area is 76.3 Å². The van der Waals surface area contributed by atoms with E-state index in [0.717, 1.165) is 12.1 Å². The maximum Gasteiger partial charge on any atom is 0.163 e. The highest BCUT2D eigenvalue weighted by Crippen LogP contribution is 2.34. The van der Waals surface area contributed by atoms with E-state index >= 15 is 0 Å². The summed E-state index contributed by atoms with van der Waals surface area (Å²) in [4.78, 5) is 15.3. The van der Waals surface area contributed by atoms with Crippen LogP contribution >= 0.6 is 0 Å². The summed E-state index contributed by atoms with van der Waals surface area (Å²) >= 11 is 0. The summed E-state index contributed by atoms with van der Waals surface area (Å²) in [6, 6.07) is 0. The third-order valence-corrected chi connectivity index (χ3v) is 2.30. The summed E-state index contributed by atoms with van der Waals surface area (Å²) < 4.78 is 1.65. The third kappa shape index (κ3) is 1.28. The highest BCUT2D eigenvalue weighted by Gasteiger charge is 2.33. The minimum Gasteiger partial charge on any atom is -0.294 e. The first kappa shape index (κ1) is 8.16. The molecule has 0 unspecified atom stereocenters. The second kappa shape index (κ2) is 2.52. The Kier molecular flexibility index (Phi) is 1.58. The van der Waals surface area contributed by atoms with Crippen molar-refractivity contribution >= 4 is 11.5 Å². The maximum atomic E-state index is 11.5. The lowest BCUT2D eigenvalue weighted by Gasteiger charge is -2.14. The van der Waals surface area contributed by atoms with Crippen molar-refractivity contribution in [3.8, 4) is 0 Å². The molecule has 0 atom stereocenters. The fraction of sp³-hybridized carbons (Fsp3) is 0.444. The molecule has 0 aliphatic heterocycles. The summed E-state index contributed by atoms with van der Waals surface area (Å²) in [6.45, 7) is 3.88. The Morgan fingerprint density at radius 3 is 2.77 bits per heavy atom. The zero-order valence-electron chi connectivity index (χ0n) is 7.69. The van der Waals surface area contributed by atoms with Gasteiger partial charge in [0, 0.05) is 23.6 Å². The highest BCUT2D eigenvalue weighted by atomic mass is 16.1. The molecule has 1 heterocycles. The van der Waals surface area contributed by atoms with Crippen molar-refractivity contribution in [1.82, 2.24) is 14.8 Å². The largest absolute Gasteiger partial charge is 0.294 e. The molecule has 4 nitrogen and oxygen atoms in total. The molecule has 0 amide bonds. The van der Waals surface area contributed by atoms with Crippen LogP contribution in [0.4, 0.5) is 0 Å². The van der Waals surface area contributed by atoms with E-state index in [0.29, 0.717) is 0 Å². The van der Waals surface area contributed by atoms with Gasteiger partial charge in [0.1, 0.15) is 12.7 Å². The summed E-state index contributed by atoms with van der Waals surface area (Å²) in [5.74, 6) is 0.165. The van der Waals surface area contributed by atoms with Gasteiger partial charge in [-0.15, -0.1) is 0 Å². The molecule has 1 aromatic heterocycles. The molecule has 1 aromatic rings. The van der Waals surface area contributed by atoms with Crippen LogP contribution < -0.4 is 0 Å². The van der Waals surface area contributed by atoms with Gasteiger partial charge in [0.25, 0.3) is 0 Å². The SMILES string of the molecule is CC1(C)CC(n2cncn2)=CC1=O. The number of nitrogens with zero attached hydrogens (tertiary/aromatic N) is 3. The number of carbonyl (C=O) groups excluding carboxylic acids is 1. The number of hydrogen-bond acceptors (Lipinski definition) is 3. The molecule has 0 saturated heterocycles. The lowest BCUT2D eigenvalue weighted by Crippen LogP contribution is -2.17. The van der Waals surface area contributed by atoms with E-state index in [1.165, 1.54) is 6.33 Å². The van der Waals surface area contributed by atoms with Crippen LogP contribution in [0, 0.1) is 5.41 Å². The molecule has 4 heteroatoms. The van der Waals surface area contributed by atoms with E-state index in [4.69, 9.17) is 0 Å². The molecule has 0 bridgehead atoms. The average molecular weight is 177 g/mol. The lowest BCUT2D eigenvalue weighted by atomic mass is 9.89. The van der Waals surface area contributed by atoms with Gasteiger partial charge in [-0.3, -0.25) is 4.79 Å². The number of allylic oxidation sites excluding steroid dienone is 2. The van der Waals surface area contributed by atoms with Crippen LogP contribution in [0.15, 0.2) is 18.7 Å². The molecule has 0 N–H and O–H groups in total. The van der Waals surface area contributed by atoms with Crippen molar-refractivity contribution in [3.63, 3.8) is 0 Å². The Morgan fingerprint density at radius 1 is 1.54 bits per heavy atom. The minimum atomic E-state index is -0.277. The third-order valence-electron chi connectivity index (χ3n) is 2.30. The molecule has 13 heavy (non-hydrogen) atoms. The first-order valence-electron chi connectivity index (χ1n) is 4.19. The molecular weight excluding hydrogens is 166 g/mol. The summed E-state index contributed by atoms with van der Waals surface area (Å²) in [6.07, 6.45) is 5.46. The van der Waals surface area contributed by atoms with Crippen molar-refractivity contribution in [2.75, 3.05) is 0 Å². The van der Waals surface area contributed by atoms with Crippen molar-refractivity contribution in [3.05, 3.63) is 18.7 Å². The molecule has 0 saturated carbocycles. The van der Waals surface area contributed by atoms with Crippen LogP contribution in [-0.2, 0) is 4.79 Å². The molecule has 2 rings (SSSR count). The van der Waals surface area contributed by atoms with Crippen LogP contribution in [0.5, 0.6) is 0 Å². The number of carbonyl (C=O) groups is 1. The topological polar surface area (TPSA) is 47.8 Å². The normalized spacial score (nSPS) is 20.5. The zero-order valence-corrected chi connectivity index (χ0v) is 7.69. The molecule has 0 radical (unpaired) electrons. The number of ketones is 1. The van der Waals surface area contributed by atoms with Gasteiger partial charge in [-0.2, -0.15) is 5.10 Å². The van der Waals surface area contributed by atoms with E-state index in [2.05, 4.69) is 10.1 Å². The van der Waals surface area contributed by atoms with Crippen LogP contribution in [0.3, 0.4) is 0 Å². The molecule has 0 spiro atoms. The smallest absolute Gasteiger partial charge is 0.163 e. The lowest BCUT2D eigenvalue weighted by molar-refractivity contribution is -0.121. The van der Waals surface area contributed by atoms with Crippen LogP contribution in [0.25, 0.3) is 5.70 Å². The number of rotatable bonds is 1. The zero-order chi connectivity index (χ0) is 9.47.